The molecule has 0 bridgehead atoms. The molecule has 0 saturated carbocycles. The van der Waals surface area contributed by atoms with Gasteiger partial charge in [0.1, 0.15) is 21.9 Å². The van der Waals surface area contributed by atoms with Gasteiger partial charge >= 0.3 is 5.97 Å². The molecule has 0 aliphatic rings. The molecule has 124 valence electrons. The summed E-state index contributed by atoms with van der Waals surface area (Å²) in [6, 6.07) is 6.25. The second-order valence-electron chi connectivity index (χ2n) is 5.68. The predicted molar refractivity (Wildman–Crippen MR) is 97.3 cm³/mol. The standard InChI is InChI=1S/C18H19N3O2S/c1-5-23-18(22)15-12(4)14-16(19-9-20-17(14)24-15)21-13-7-10(2)6-11(3)8-13/h6-9H,5H2,1-4H3,(H,19,20,21). The van der Waals surface area contributed by atoms with Crippen molar-refractivity contribution < 1.29 is 9.53 Å². The van der Waals surface area contributed by atoms with Gasteiger partial charge in [0.2, 0.25) is 0 Å². The van der Waals surface area contributed by atoms with Gasteiger partial charge in [-0.3, -0.25) is 0 Å². The van der Waals surface area contributed by atoms with Crippen LogP contribution < -0.4 is 5.32 Å². The lowest BCUT2D eigenvalue weighted by Crippen LogP contribution is -2.03. The number of fused-ring (bicyclic) bond motifs is 1. The van der Waals surface area contributed by atoms with E-state index in [4.69, 9.17) is 4.74 Å². The first kappa shape index (κ1) is 16.4. The summed E-state index contributed by atoms with van der Waals surface area (Å²) in [4.78, 5) is 22.1. The number of aryl methyl sites for hydroxylation is 3. The summed E-state index contributed by atoms with van der Waals surface area (Å²) >= 11 is 1.34. The fourth-order valence-corrected chi connectivity index (χ4v) is 3.78. The minimum Gasteiger partial charge on any atom is -0.462 e. The van der Waals surface area contributed by atoms with Crippen molar-refractivity contribution in [1.82, 2.24) is 9.97 Å². The van der Waals surface area contributed by atoms with Crippen LogP contribution >= 0.6 is 11.3 Å². The number of anilines is 2. The third-order valence-corrected chi connectivity index (χ3v) is 4.85. The highest BCUT2D eigenvalue weighted by atomic mass is 32.1. The molecule has 1 N–H and O–H groups in total. The number of hydrogen-bond donors (Lipinski definition) is 1. The average molecular weight is 341 g/mol. The topological polar surface area (TPSA) is 64.1 Å². The van der Waals surface area contributed by atoms with Gasteiger partial charge in [-0.15, -0.1) is 11.3 Å². The minimum atomic E-state index is -0.310. The lowest BCUT2D eigenvalue weighted by atomic mass is 10.1. The van der Waals surface area contributed by atoms with Crippen molar-refractivity contribution in [2.24, 2.45) is 0 Å². The van der Waals surface area contributed by atoms with E-state index in [1.807, 2.05) is 6.92 Å². The van der Waals surface area contributed by atoms with E-state index in [0.29, 0.717) is 17.3 Å². The van der Waals surface area contributed by atoms with E-state index in [1.54, 1.807) is 6.92 Å². The normalized spacial score (nSPS) is 10.8. The van der Waals surface area contributed by atoms with Crippen LogP contribution in [0.15, 0.2) is 24.5 Å². The first-order valence-electron chi connectivity index (χ1n) is 7.76. The molecule has 5 nitrogen and oxygen atoms in total. The maximum atomic E-state index is 12.1. The second kappa shape index (κ2) is 6.57. The highest BCUT2D eigenvalue weighted by Crippen LogP contribution is 2.35. The van der Waals surface area contributed by atoms with Crippen LogP contribution in [0.3, 0.4) is 0 Å². The van der Waals surface area contributed by atoms with Gasteiger partial charge in [-0.05, 0) is 56.5 Å². The summed E-state index contributed by atoms with van der Waals surface area (Å²) < 4.78 is 5.13. The molecule has 3 aromatic rings. The Morgan fingerprint density at radius 1 is 1.17 bits per heavy atom. The number of aromatic nitrogens is 2. The molecule has 3 rings (SSSR count). The minimum absolute atomic E-state index is 0.310. The maximum Gasteiger partial charge on any atom is 0.348 e. The highest BCUT2D eigenvalue weighted by molar-refractivity contribution is 7.20. The number of nitrogens with zero attached hydrogens (tertiary/aromatic N) is 2. The van der Waals surface area contributed by atoms with E-state index in [0.717, 1.165) is 21.5 Å². The summed E-state index contributed by atoms with van der Waals surface area (Å²) in [5.41, 5.74) is 4.17. The number of thiophene rings is 1. The first-order chi connectivity index (χ1) is 11.5. The number of nitrogens with one attached hydrogen (secondary N) is 1. The van der Waals surface area contributed by atoms with Gasteiger partial charge < -0.3 is 10.1 Å². The van der Waals surface area contributed by atoms with Crippen LogP contribution in [-0.4, -0.2) is 22.5 Å². The molecule has 24 heavy (non-hydrogen) atoms. The zero-order valence-corrected chi connectivity index (χ0v) is 15.0. The Kier molecular flexibility index (Phi) is 4.49. The van der Waals surface area contributed by atoms with Gasteiger partial charge in [-0.2, -0.15) is 0 Å². The highest BCUT2D eigenvalue weighted by Gasteiger charge is 2.20. The molecule has 0 spiro atoms. The van der Waals surface area contributed by atoms with Crippen molar-refractivity contribution in [3.63, 3.8) is 0 Å². The molecule has 0 aliphatic heterocycles. The maximum absolute atomic E-state index is 12.1. The van der Waals surface area contributed by atoms with Crippen molar-refractivity contribution in [3.05, 3.63) is 46.1 Å². The zero-order chi connectivity index (χ0) is 17.3. The number of hydrogen-bond acceptors (Lipinski definition) is 6. The predicted octanol–water partition coefficient (Wildman–Crippen LogP) is 4.54. The van der Waals surface area contributed by atoms with E-state index >= 15 is 0 Å². The van der Waals surface area contributed by atoms with E-state index in [9.17, 15) is 4.79 Å². The van der Waals surface area contributed by atoms with Crippen molar-refractivity contribution >= 4 is 39.0 Å². The van der Waals surface area contributed by atoms with Gasteiger partial charge in [0, 0.05) is 5.69 Å². The number of esters is 1. The third kappa shape index (κ3) is 3.10. The summed E-state index contributed by atoms with van der Waals surface area (Å²) in [5.74, 6) is 0.393. The molecule has 1 aromatic carbocycles. The summed E-state index contributed by atoms with van der Waals surface area (Å²) in [6.07, 6.45) is 1.51. The van der Waals surface area contributed by atoms with E-state index in [1.165, 1.54) is 28.8 Å². The monoisotopic (exact) mass is 341 g/mol. The number of benzene rings is 1. The molecule has 6 heteroatoms. The molecule has 0 unspecified atom stereocenters. The van der Waals surface area contributed by atoms with Crippen LogP contribution in [0, 0.1) is 20.8 Å². The number of carbonyl (C=O) groups is 1. The Balaban J connectivity index is 2.07. The number of carbonyl (C=O) groups excluding carboxylic acids is 1. The van der Waals surface area contributed by atoms with Crippen LogP contribution in [0.25, 0.3) is 10.2 Å². The fourth-order valence-electron chi connectivity index (χ4n) is 2.74. The second-order valence-corrected chi connectivity index (χ2v) is 6.68. The largest absolute Gasteiger partial charge is 0.462 e. The van der Waals surface area contributed by atoms with Gasteiger partial charge in [0.15, 0.2) is 0 Å². The Hall–Kier alpha value is -2.47. The quantitative estimate of drug-likeness (QED) is 0.706. The number of rotatable bonds is 4. The van der Waals surface area contributed by atoms with Crippen LogP contribution in [0.2, 0.25) is 0 Å². The molecule has 0 fully saturated rings. The average Bonchev–Trinajstić information content (AvgIpc) is 2.85. The van der Waals surface area contributed by atoms with Gasteiger partial charge in [-0.25, -0.2) is 14.8 Å². The van der Waals surface area contributed by atoms with Crippen LogP contribution in [0.1, 0.15) is 33.3 Å². The first-order valence-corrected chi connectivity index (χ1v) is 8.57. The zero-order valence-electron chi connectivity index (χ0n) is 14.1. The van der Waals surface area contributed by atoms with Crippen LogP contribution in [-0.2, 0) is 4.74 Å². The van der Waals surface area contributed by atoms with Crippen LogP contribution in [0.5, 0.6) is 0 Å². The molecule has 0 amide bonds. The molecule has 0 radical (unpaired) electrons. The van der Waals surface area contributed by atoms with Crippen molar-refractivity contribution in [3.8, 4) is 0 Å². The summed E-state index contributed by atoms with van der Waals surface area (Å²) in [6.45, 7) is 8.17. The van der Waals surface area contributed by atoms with E-state index in [-0.39, 0.29) is 5.97 Å². The Morgan fingerprint density at radius 3 is 2.54 bits per heavy atom. The smallest absolute Gasteiger partial charge is 0.348 e. The van der Waals surface area contributed by atoms with Crippen LogP contribution in [0.4, 0.5) is 11.5 Å². The Labute approximate surface area is 144 Å². The number of ether oxygens (including phenoxy) is 1. The Morgan fingerprint density at radius 2 is 1.88 bits per heavy atom. The summed E-state index contributed by atoms with van der Waals surface area (Å²) in [5, 5.41) is 4.22. The van der Waals surface area contributed by atoms with Gasteiger partial charge in [0.25, 0.3) is 0 Å². The Bertz CT molecular complexity index is 898. The van der Waals surface area contributed by atoms with Crippen molar-refractivity contribution in [2.75, 3.05) is 11.9 Å². The lowest BCUT2D eigenvalue weighted by molar-refractivity contribution is 0.0531. The molecule has 0 atom stereocenters. The molecular formula is C18H19N3O2S. The van der Waals surface area contributed by atoms with E-state index < -0.39 is 0 Å². The summed E-state index contributed by atoms with van der Waals surface area (Å²) in [7, 11) is 0. The van der Waals surface area contributed by atoms with Gasteiger partial charge in [-0.1, -0.05) is 6.07 Å². The fraction of sp³-hybridized carbons (Fsp3) is 0.278. The van der Waals surface area contributed by atoms with Crippen molar-refractivity contribution in [2.45, 2.75) is 27.7 Å². The molecule has 2 heterocycles. The van der Waals surface area contributed by atoms with Crippen molar-refractivity contribution in [1.29, 1.82) is 0 Å². The van der Waals surface area contributed by atoms with Gasteiger partial charge in [0.05, 0.1) is 12.0 Å². The third-order valence-electron chi connectivity index (χ3n) is 3.67. The molecule has 2 aromatic heterocycles. The molecule has 0 saturated heterocycles. The van der Waals surface area contributed by atoms with E-state index in [2.05, 4.69) is 47.3 Å². The molecular weight excluding hydrogens is 322 g/mol. The SMILES string of the molecule is CCOC(=O)c1sc2ncnc(Nc3cc(C)cc(C)c3)c2c1C. The lowest BCUT2D eigenvalue weighted by Gasteiger charge is -2.09. The molecule has 0 aliphatic carbocycles.